The number of hydrogen-bond donors (Lipinski definition) is 0. The molecule has 1 heteroatoms. The zero-order valence-electron chi connectivity index (χ0n) is 31.8. The summed E-state index contributed by atoms with van der Waals surface area (Å²) in [5.41, 5.74) is 22.0. The molecule has 7 aromatic rings. The highest BCUT2D eigenvalue weighted by Crippen LogP contribution is 2.63. The summed E-state index contributed by atoms with van der Waals surface area (Å²) >= 11 is 0. The van der Waals surface area contributed by atoms with Gasteiger partial charge >= 0.3 is 0 Å². The molecule has 7 aromatic carbocycles. The van der Waals surface area contributed by atoms with E-state index in [0.717, 1.165) is 42.7 Å². The Morgan fingerprint density at radius 1 is 0.386 bits per heavy atom. The van der Waals surface area contributed by atoms with Crippen LogP contribution in [0.15, 0.2) is 211 Å². The van der Waals surface area contributed by atoms with E-state index in [1.165, 1.54) is 77.9 Å². The molecule has 0 aliphatic heterocycles. The van der Waals surface area contributed by atoms with Gasteiger partial charge in [-0.15, -0.1) is 0 Å². The molecule has 0 bridgehead atoms. The number of rotatable bonds is 5. The van der Waals surface area contributed by atoms with Crippen LogP contribution >= 0.6 is 0 Å². The van der Waals surface area contributed by atoms with Crippen LogP contribution in [0.1, 0.15) is 64.6 Å². The van der Waals surface area contributed by atoms with E-state index in [1.54, 1.807) is 0 Å². The summed E-state index contributed by atoms with van der Waals surface area (Å²) in [7, 11) is 0. The highest BCUT2D eigenvalue weighted by Gasteiger charge is 2.52. The average molecular weight is 728 g/mol. The van der Waals surface area contributed by atoms with Crippen molar-refractivity contribution in [1.29, 1.82) is 0 Å². The van der Waals surface area contributed by atoms with Crippen LogP contribution in [0, 0.1) is 0 Å². The second kappa shape index (κ2) is 12.4. The molecule has 1 spiro atoms. The van der Waals surface area contributed by atoms with Crippen molar-refractivity contribution >= 4 is 22.6 Å². The summed E-state index contributed by atoms with van der Waals surface area (Å²) in [4.78, 5) is 2.45. The van der Waals surface area contributed by atoms with Gasteiger partial charge in [0, 0.05) is 17.1 Å². The Kier molecular flexibility index (Phi) is 7.08. The van der Waals surface area contributed by atoms with Gasteiger partial charge < -0.3 is 4.90 Å². The predicted molar refractivity (Wildman–Crippen MR) is 236 cm³/mol. The third-order valence-corrected chi connectivity index (χ3v) is 13.5. The van der Waals surface area contributed by atoms with Gasteiger partial charge in [-0.05, 0) is 140 Å². The number of anilines is 3. The minimum absolute atomic E-state index is 0.307. The quantitative estimate of drug-likeness (QED) is 0.171. The molecule has 12 rings (SSSR count). The Bertz CT molecular complexity index is 2840. The SMILES string of the molecule is C1=CC(C2(c3ccc(N(c4ccccc4)c4ccc5c(c4)C4(c6ccccc6-c6ccccc64)c4ccccc4-5)cc3)C3=C(C=CCC3)c3ccccc32)=CCC1. The summed E-state index contributed by atoms with van der Waals surface area (Å²) in [6.45, 7) is 0. The van der Waals surface area contributed by atoms with E-state index in [0.29, 0.717) is 0 Å². The molecule has 0 saturated carbocycles. The van der Waals surface area contributed by atoms with Gasteiger partial charge in [-0.2, -0.15) is 0 Å². The monoisotopic (exact) mass is 727 g/mol. The van der Waals surface area contributed by atoms with Gasteiger partial charge in [-0.25, -0.2) is 0 Å². The van der Waals surface area contributed by atoms with Crippen molar-refractivity contribution < 1.29 is 0 Å². The van der Waals surface area contributed by atoms with Crippen LogP contribution in [0.5, 0.6) is 0 Å². The lowest BCUT2D eigenvalue weighted by Crippen LogP contribution is -2.31. The van der Waals surface area contributed by atoms with Crippen molar-refractivity contribution in [2.75, 3.05) is 4.90 Å². The molecule has 0 aromatic heterocycles. The van der Waals surface area contributed by atoms with Crippen LogP contribution in [-0.2, 0) is 10.8 Å². The molecule has 5 aliphatic rings. The minimum Gasteiger partial charge on any atom is -0.310 e. The zero-order valence-corrected chi connectivity index (χ0v) is 31.8. The molecule has 0 saturated heterocycles. The number of nitrogens with zero attached hydrogens (tertiary/aromatic N) is 1. The number of hydrogen-bond acceptors (Lipinski definition) is 1. The van der Waals surface area contributed by atoms with E-state index in [4.69, 9.17) is 0 Å². The maximum atomic E-state index is 2.51. The van der Waals surface area contributed by atoms with Gasteiger partial charge in [-0.1, -0.05) is 164 Å². The summed E-state index contributed by atoms with van der Waals surface area (Å²) in [5.74, 6) is 0. The topological polar surface area (TPSA) is 3.24 Å². The van der Waals surface area contributed by atoms with E-state index in [2.05, 4.69) is 205 Å². The molecule has 0 N–H and O–H groups in total. The van der Waals surface area contributed by atoms with Gasteiger partial charge in [-0.3, -0.25) is 0 Å². The highest BCUT2D eigenvalue weighted by atomic mass is 15.1. The summed E-state index contributed by atoms with van der Waals surface area (Å²) in [5, 5.41) is 0. The lowest BCUT2D eigenvalue weighted by atomic mass is 9.64. The molecule has 270 valence electrons. The first-order valence-corrected chi connectivity index (χ1v) is 20.6. The first-order chi connectivity index (χ1) is 28.3. The molecule has 57 heavy (non-hydrogen) atoms. The van der Waals surface area contributed by atoms with Crippen LogP contribution in [0.4, 0.5) is 17.1 Å². The first-order valence-electron chi connectivity index (χ1n) is 20.6. The maximum absolute atomic E-state index is 2.51. The average Bonchev–Trinajstić information content (AvgIpc) is 3.88. The van der Waals surface area contributed by atoms with Crippen molar-refractivity contribution in [3.8, 4) is 22.3 Å². The number of para-hydroxylation sites is 1. The first kappa shape index (κ1) is 32.5. The number of benzene rings is 7. The highest BCUT2D eigenvalue weighted by molar-refractivity contribution is 5.96. The Morgan fingerprint density at radius 3 is 1.54 bits per heavy atom. The smallest absolute Gasteiger partial charge is 0.0726 e. The van der Waals surface area contributed by atoms with E-state index >= 15 is 0 Å². The Morgan fingerprint density at radius 2 is 0.912 bits per heavy atom. The molecular formula is C56H41N. The molecule has 0 heterocycles. The fourth-order valence-electron chi connectivity index (χ4n) is 11.3. The fraction of sp³-hybridized carbons (Fsp3) is 0.107. The van der Waals surface area contributed by atoms with Gasteiger partial charge in [0.25, 0.3) is 0 Å². The molecule has 1 unspecified atom stereocenters. The summed E-state index contributed by atoms with van der Waals surface area (Å²) in [6, 6.07) is 64.1. The Hall–Kier alpha value is -6.70. The number of fused-ring (bicyclic) bond motifs is 12. The standard InChI is InChI=1S/C56H41N/c1-3-17-38(18-4-1)55(49-26-12-7-21-43(49)44-22-8-13-27-50(44)55)39-31-33-41(34-32-39)57(40-19-5-2-6-20-40)42-35-36-48-47-25-11-16-30-53(47)56(54(48)37-42)51-28-14-9-23-45(51)46-24-10-15-29-52(46)56/h2-3,5-12,14-26,28-37H,1,4,13,27H2. The van der Waals surface area contributed by atoms with Crippen LogP contribution in [-0.4, -0.2) is 0 Å². The van der Waals surface area contributed by atoms with Gasteiger partial charge in [0.05, 0.1) is 10.8 Å². The van der Waals surface area contributed by atoms with Crippen LogP contribution < -0.4 is 4.90 Å². The predicted octanol–water partition coefficient (Wildman–Crippen LogP) is 14.2. The van der Waals surface area contributed by atoms with Crippen molar-refractivity contribution in [3.63, 3.8) is 0 Å². The van der Waals surface area contributed by atoms with Crippen LogP contribution in [0.2, 0.25) is 0 Å². The molecule has 5 aliphatic carbocycles. The van der Waals surface area contributed by atoms with Crippen molar-refractivity contribution in [2.24, 2.45) is 0 Å². The summed E-state index contributed by atoms with van der Waals surface area (Å²) < 4.78 is 0. The van der Waals surface area contributed by atoms with Gasteiger partial charge in [0.2, 0.25) is 0 Å². The number of allylic oxidation sites excluding steroid dienone is 8. The maximum Gasteiger partial charge on any atom is 0.0726 e. The normalized spacial score (nSPS) is 18.7. The van der Waals surface area contributed by atoms with E-state index in [9.17, 15) is 0 Å². The van der Waals surface area contributed by atoms with Crippen molar-refractivity contribution in [3.05, 3.63) is 250 Å². The third-order valence-electron chi connectivity index (χ3n) is 13.5. The molecule has 1 atom stereocenters. The lowest BCUT2D eigenvalue weighted by Gasteiger charge is -2.38. The largest absolute Gasteiger partial charge is 0.310 e. The third kappa shape index (κ3) is 4.35. The molecule has 0 amide bonds. The Balaban J connectivity index is 1.06. The van der Waals surface area contributed by atoms with Crippen molar-refractivity contribution in [1.82, 2.24) is 0 Å². The van der Waals surface area contributed by atoms with E-state index in [-0.39, 0.29) is 5.41 Å². The second-order valence-corrected chi connectivity index (χ2v) is 16.1. The van der Waals surface area contributed by atoms with Crippen molar-refractivity contribution in [2.45, 2.75) is 36.5 Å². The minimum atomic E-state index is -0.398. The Labute approximate surface area is 335 Å². The lowest BCUT2D eigenvalue weighted by molar-refractivity contribution is 0.686. The van der Waals surface area contributed by atoms with E-state index < -0.39 is 5.41 Å². The molecule has 0 fully saturated rings. The zero-order chi connectivity index (χ0) is 37.6. The summed E-state index contributed by atoms with van der Waals surface area (Å²) in [6.07, 6.45) is 16.4. The second-order valence-electron chi connectivity index (χ2n) is 16.1. The molecular weight excluding hydrogens is 687 g/mol. The fourth-order valence-corrected chi connectivity index (χ4v) is 11.3. The van der Waals surface area contributed by atoms with Gasteiger partial charge in [0.15, 0.2) is 0 Å². The van der Waals surface area contributed by atoms with Crippen LogP contribution in [0.3, 0.4) is 0 Å². The van der Waals surface area contributed by atoms with Crippen LogP contribution in [0.25, 0.3) is 27.8 Å². The van der Waals surface area contributed by atoms with Gasteiger partial charge in [0.1, 0.15) is 0 Å². The molecule has 0 radical (unpaired) electrons. The molecule has 1 nitrogen and oxygen atoms in total. The van der Waals surface area contributed by atoms with E-state index in [1.807, 2.05) is 0 Å².